The van der Waals surface area contributed by atoms with Crippen molar-refractivity contribution in [2.24, 2.45) is 0 Å². The molecule has 1 aromatic carbocycles. The standard InChI is InChI=1S/C22H23I/c1-6-10-18(23)12-9-11-16(2)15-21-17(3)19-13-7-8-14-20(19)22(21,4)5/h6-10,12-15H,1-3,11H2,4-5H3/b12-9-,18-10+,21-15+. The van der Waals surface area contributed by atoms with Crippen molar-refractivity contribution < 1.29 is 0 Å². The highest BCUT2D eigenvalue weighted by atomic mass is 127. The van der Waals surface area contributed by atoms with Crippen LogP contribution in [0.3, 0.4) is 0 Å². The molecule has 23 heavy (non-hydrogen) atoms. The minimum Gasteiger partial charge on any atom is -0.0990 e. The summed E-state index contributed by atoms with van der Waals surface area (Å²) in [7, 11) is 0. The molecule has 0 N–H and O–H groups in total. The van der Waals surface area contributed by atoms with Gasteiger partial charge in [0.1, 0.15) is 0 Å². The molecule has 0 bridgehead atoms. The molecule has 0 unspecified atom stereocenters. The normalized spacial score (nSPS) is 18.5. The summed E-state index contributed by atoms with van der Waals surface area (Å²) in [5.41, 5.74) is 6.09. The van der Waals surface area contributed by atoms with Crippen LogP contribution in [0.2, 0.25) is 0 Å². The fraction of sp³-hybridized carbons (Fsp3) is 0.182. The summed E-state index contributed by atoms with van der Waals surface area (Å²) in [6.07, 6.45) is 11.0. The maximum atomic E-state index is 4.31. The van der Waals surface area contributed by atoms with Crippen LogP contribution in [0.1, 0.15) is 31.4 Å². The summed E-state index contributed by atoms with van der Waals surface area (Å²) in [6.45, 7) is 16.7. The fourth-order valence-corrected chi connectivity index (χ4v) is 3.49. The zero-order valence-electron chi connectivity index (χ0n) is 13.9. The van der Waals surface area contributed by atoms with Crippen molar-refractivity contribution in [3.63, 3.8) is 0 Å². The van der Waals surface area contributed by atoms with Crippen molar-refractivity contribution in [2.75, 3.05) is 0 Å². The molecule has 1 aliphatic carbocycles. The monoisotopic (exact) mass is 414 g/mol. The number of halogens is 1. The number of benzene rings is 1. The fourth-order valence-electron chi connectivity index (χ4n) is 2.98. The molecule has 1 aromatic rings. The van der Waals surface area contributed by atoms with Crippen LogP contribution in [-0.4, -0.2) is 0 Å². The molecule has 0 atom stereocenters. The summed E-state index contributed by atoms with van der Waals surface area (Å²) >= 11 is 2.29. The number of fused-ring (bicyclic) bond motifs is 1. The van der Waals surface area contributed by atoms with Crippen molar-refractivity contribution in [3.05, 3.63) is 100 Å². The van der Waals surface area contributed by atoms with Crippen LogP contribution in [0.4, 0.5) is 0 Å². The first-order valence-electron chi connectivity index (χ1n) is 7.71. The lowest BCUT2D eigenvalue weighted by atomic mass is 9.81. The van der Waals surface area contributed by atoms with E-state index in [9.17, 15) is 0 Å². The van der Waals surface area contributed by atoms with Gasteiger partial charge in [0, 0.05) is 8.99 Å². The maximum Gasteiger partial charge on any atom is 0.0158 e. The molecule has 0 fully saturated rings. The smallest absolute Gasteiger partial charge is 0.0158 e. The van der Waals surface area contributed by atoms with Gasteiger partial charge >= 0.3 is 0 Å². The van der Waals surface area contributed by atoms with E-state index in [1.54, 1.807) is 6.08 Å². The lowest BCUT2D eigenvalue weighted by Gasteiger charge is -2.22. The van der Waals surface area contributed by atoms with Gasteiger partial charge in [0.05, 0.1) is 0 Å². The Kier molecular flexibility index (Phi) is 5.64. The quantitative estimate of drug-likeness (QED) is 0.362. The van der Waals surface area contributed by atoms with E-state index >= 15 is 0 Å². The molecule has 0 heterocycles. The highest BCUT2D eigenvalue weighted by Gasteiger charge is 2.36. The van der Waals surface area contributed by atoms with Crippen molar-refractivity contribution in [2.45, 2.75) is 25.7 Å². The van der Waals surface area contributed by atoms with Crippen molar-refractivity contribution in [1.82, 2.24) is 0 Å². The predicted molar refractivity (Wildman–Crippen MR) is 112 cm³/mol. The van der Waals surface area contributed by atoms with Crippen LogP contribution >= 0.6 is 22.6 Å². The Morgan fingerprint density at radius 2 is 1.96 bits per heavy atom. The lowest BCUT2D eigenvalue weighted by Crippen LogP contribution is -2.15. The lowest BCUT2D eigenvalue weighted by molar-refractivity contribution is 0.660. The van der Waals surface area contributed by atoms with Gasteiger partial charge in [-0.25, -0.2) is 0 Å². The minimum absolute atomic E-state index is 0.0164. The van der Waals surface area contributed by atoms with E-state index in [0.717, 1.165) is 21.1 Å². The Morgan fingerprint density at radius 3 is 2.61 bits per heavy atom. The van der Waals surface area contributed by atoms with Gasteiger partial charge in [-0.15, -0.1) is 0 Å². The first-order valence-corrected chi connectivity index (χ1v) is 8.79. The second-order valence-corrected chi connectivity index (χ2v) is 7.50. The zero-order chi connectivity index (χ0) is 17.0. The highest BCUT2D eigenvalue weighted by Crippen LogP contribution is 2.49. The second-order valence-electron chi connectivity index (χ2n) is 6.26. The second kappa shape index (κ2) is 7.31. The molecule has 0 amide bonds. The molecule has 1 aliphatic rings. The third-order valence-corrected chi connectivity index (χ3v) is 4.93. The van der Waals surface area contributed by atoms with Crippen LogP contribution < -0.4 is 0 Å². The molecule has 1 heteroatoms. The predicted octanol–water partition coefficient (Wildman–Crippen LogP) is 6.92. The van der Waals surface area contributed by atoms with Gasteiger partial charge in [0.2, 0.25) is 0 Å². The van der Waals surface area contributed by atoms with E-state index in [-0.39, 0.29) is 5.41 Å². The van der Waals surface area contributed by atoms with Gasteiger partial charge < -0.3 is 0 Å². The van der Waals surface area contributed by atoms with Crippen LogP contribution in [-0.2, 0) is 5.41 Å². The molecule has 118 valence electrons. The highest BCUT2D eigenvalue weighted by molar-refractivity contribution is 14.1. The van der Waals surface area contributed by atoms with Gasteiger partial charge in [-0.3, -0.25) is 0 Å². The van der Waals surface area contributed by atoms with Crippen molar-refractivity contribution >= 4 is 28.2 Å². The Labute approximate surface area is 153 Å². The zero-order valence-corrected chi connectivity index (χ0v) is 16.1. The van der Waals surface area contributed by atoms with Crippen LogP contribution in [0.15, 0.2) is 89.1 Å². The van der Waals surface area contributed by atoms with E-state index in [0.29, 0.717) is 0 Å². The molecule has 0 spiro atoms. The van der Waals surface area contributed by atoms with Gasteiger partial charge in [-0.2, -0.15) is 0 Å². The van der Waals surface area contributed by atoms with Crippen LogP contribution in [0.5, 0.6) is 0 Å². The summed E-state index contributed by atoms with van der Waals surface area (Å²) in [5.74, 6) is 0. The number of rotatable bonds is 5. The number of hydrogen-bond acceptors (Lipinski definition) is 0. The van der Waals surface area contributed by atoms with E-state index in [4.69, 9.17) is 0 Å². The molecule has 0 saturated heterocycles. The molecular formula is C22H23I. The van der Waals surface area contributed by atoms with E-state index in [2.05, 4.69) is 98.7 Å². The third-order valence-electron chi connectivity index (χ3n) is 4.21. The first-order chi connectivity index (χ1) is 10.9. The van der Waals surface area contributed by atoms with Gasteiger partial charge in [-0.1, -0.05) is 87.7 Å². The van der Waals surface area contributed by atoms with Crippen LogP contribution in [0.25, 0.3) is 5.57 Å². The molecular weight excluding hydrogens is 391 g/mol. The molecule has 0 aromatic heterocycles. The minimum atomic E-state index is -0.0164. The number of hydrogen-bond donors (Lipinski definition) is 0. The molecule has 2 rings (SSSR count). The van der Waals surface area contributed by atoms with Gasteiger partial charge in [-0.05, 0) is 57.4 Å². The first kappa shape index (κ1) is 17.7. The van der Waals surface area contributed by atoms with Crippen LogP contribution in [0, 0.1) is 0 Å². The topological polar surface area (TPSA) is 0 Å². The molecule has 0 saturated carbocycles. The Bertz CT molecular complexity index is 739. The summed E-state index contributed by atoms with van der Waals surface area (Å²) in [5, 5.41) is 0. The molecule has 0 nitrogen and oxygen atoms in total. The Balaban J connectivity index is 2.20. The van der Waals surface area contributed by atoms with E-state index < -0.39 is 0 Å². The van der Waals surface area contributed by atoms with Gasteiger partial charge in [0.25, 0.3) is 0 Å². The Hall–Kier alpha value is -1.61. The van der Waals surface area contributed by atoms with Crippen molar-refractivity contribution in [1.29, 1.82) is 0 Å². The van der Waals surface area contributed by atoms with Crippen molar-refractivity contribution in [3.8, 4) is 0 Å². The summed E-state index contributed by atoms with van der Waals surface area (Å²) < 4.78 is 1.16. The average Bonchev–Trinajstić information content (AvgIpc) is 2.69. The summed E-state index contributed by atoms with van der Waals surface area (Å²) in [4.78, 5) is 0. The summed E-state index contributed by atoms with van der Waals surface area (Å²) in [6, 6.07) is 8.54. The largest absolute Gasteiger partial charge is 0.0990 e. The SMILES string of the molecule is C=C/C=C(I)\C=C/CC(=C)/C=C1\C(=C)c2ccccc2C1(C)C. The van der Waals surface area contributed by atoms with Gasteiger partial charge in [0.15, 0.2) is 0 Å². The average molecular weight is 414 g/mol. The maximum absolute atomic E-state index is 4.31. The number of allylic oxidation sites excluding steroid dienone is 9. The van der Waals surface area contributed by atoms with E-state index in [1.165, 1.54) is 16.7 Å². The third kappa shape index (κ3) is 3.84. The molecule has 0 aliphatic heterocycles. The molecule has 0 radical (unpaired) electrons. The van der Waals surface area contributed by atoms with E-state index in [1.807, 2.05) is 6.08 Å². The Morgan fingerprint density at radius 1 is 1.26 bits per heavy atom.